The van der Waals surface area contributed by atoms with E-state index in [2.05, 4.69) is 0 Å². The standard InChI is InChI=1S/C10H10N2O2/c1-7-9(3-5-11)14-8(2)10(13-7)4-6-12/h3-4,7-8H,1-2H3/b9-3-,10-4-. The topological polar surface area (TPSA) is 66.0 Å². The fourth-order valence-corrected chi connectivity index (χ4v) is 1.15. The Hall–Kier alpha value is -1.94. The van der Waals surface area contributed by atoms with Crippen molar-refractivity contribution < 1.29 is 9.47 Å². The van der Waals surface area contributed by atoms with Gasteiger partial charge in [-0.05, 0) is 13.8 Å². The third-order valence-corrected chi connectivity index (χ3v) is 1.84. The highest BCUT2D eigenvalue weighted by atomic mass is 16.6. The molecule has 4 heteroatoms. The van der Waals surface area contributed by atoms with E-state index in [4.69, 9.17) is 20.0 Å². The molecule has 1 rings (SSSR count). The van der Waals surface area contributed by atoms with E-state index in [1.165, 1.54) is 12.2 Å². The number of ether oxygens (including phenoxy) is 2. The van der Waals surface area contributed by atoms with Crippen LogP contribution in [0.1, 0.15) is 13.8 Å². The van der Waals surface area contributed by atoms with E-state index in [-0.39, 0.29) is 12.2 Å². The minimum atomic E-state index is -0.314. The molecule has 72 valence electrons. The summed E-state index contributed by atoms with van der Waals surface area (Å²) in [5.74, 6) is 0.991. The molecule has 0 aromatic carbocycles. The Balaban J connectivity index is 2.84. The summed E-state index contributed by atoms with van der Waals surface area (Å²) in [5, 5.41) is 16.9. The highest BCUT2D eigenvalue weighted by molar-refractivity contribution is 5.20. The van der Waals surface area contributed by atoms with Crippen molar-refractivity contribution in [1.82, 2.24) is 0 Å². The van der Waals surface area contributed by atoms with E-state index in [0.717, 1.165) is 0 Å². The van der Waals surface area contributed by atoms with Crippen LogP contribution in [0.5, 0.6) is 0 Å². The molecule has 1 saturated heterocycles. The molecule has 1 heterocycles. The van der Waals surface area contributed by atoms with E-state index in [9.17, 15) is 0 Å². The number of nitriles is 2. The lowest BCUT2D eigenvalue weighted by Crippen LogP contribution is -2.28. The molecular weight excluding hydrogens is 180 g/mol. The van der Waals surface area contributed by atoms with Crippen LogP contribution in [0, 0.1) is 22.7 Å². The van der Waals surface area contributed by atoms with E-state index in [0.29, 0.717) is 11.5 Å². The fraction of sp³-hybridized carbons (Fsp3) is 0.400. The van der Waals surface area contributed by atoms with E-state index in [1.54, 1.807) is 13.8 Å². The lowest BCUT2D eigenvalue weighted by molar-refractivity contribution is -0.0229. The minimum Gasteiger partial charge on any atom is -0.482 e. The van der Waals surface area contributed by atoms with Gasteiger partial charge in [0.25, 0.3) is 0 Å². The second kappa shape index (κ2) is 4.34. The smallest absolute Gasteiger partial charge is 0.153 e. The molecule has 0 amide bonds. The molecule has 0 spiro atoms. The summed E-state index contributed by atoms with van der Waals surface area (Å²) in [6, 6.07) is 3.77. The zero-order valence-electron chi connectivity index (χ0n) is 8.02. The molecule has 0 bridgehead atoms. The average Bonchev–Trinajstić information content (AvgIpc) is 2.14. The number of rotatable bonds is 0. The summed E-state index contributed by atoms with van der Waals surface area (Å²) in [4.78, 5) is 0. The van der Waals surface area contributed by atoms with Crippen LogP contribution in [-0.2, 0) is 9.47 Å². The largest absolute Gasteiger partial charge is 0.482 e. The maximum absolute atomic E-state index is 8.46. The second-order valence-corrected chi connectivity index (χ2v) is 2.87. The second-order valence-electron chi connectivity index (χ2n) is 2.87. The molecule has 0 aromatic rings. The zero-order valence-corrected chi connectivity index (χ0v) is 8.02. The summed E-state index contributed by atoms with van der Waals surface area (Å²) in [5.41, 5.74) is 0. The Morgan fingerprint density at radius 3 is 1.64 bits per heavy atom. The van der Waals surface area contributed by atoms with Crippen molar-refractivity contribution in [2.75, 3.05) is 0 Å². The lowest BCUT2D eigenvalue weighted by atomic mass is 10.2. The van der Waals surface area contributed by atoms with Gasteiger partial charge in [0, 0.05) is 0 Å². The first-order chi connectivity index (χ1) is 6.69. The zero-order chi connectivity index (χ0) is 10.6. The first kappa shape index (κ1) is 10.1. The molecule has 0 aliphatic carbocycles. The van der Waals surface area contributed by atoms with Gasteiger partial charge in [0.05, 0.1) is 24.3 Å². The van der Waals surface area contributed by atoms with Gasteiger partial charge in [-0.25, -0.2) is 0 Å². The van der Waals surface area contributed by atoms with Gasteiger partial charge in [-0.1, -0.05) is 0 Å². The van der Waals surface area contributed by atoms with Crippen molar-refractivity contribution >= 4 is 0 Å². The monoisotopic (exact) mass is 190 g/mol. The minimum absolute atomic E-state index is 0.314. The number of hydrogen-bond donors (Lipinski definition) is 0. The maximum atomic E-state index is 8.46. The first-order valence-electron chi connectivity index (χ1n) is 4.21. The third-order valence-electron chi connectivity index (χ3n) is 1.84. The van der Waals surface area contributed by atoms with Gasteiger partial charge in [0.1, 0.15) is 11.5 Å². The predicted octanol–water partition coefficient (Wildman–Crippen LogP) is 1.63. The van der Waals surface area contributed by atoms with Gasteiger partial charge in [-0.2, -0.15) is 10.5 Å². The Labute approximate surface area is 82.7 Å². The van der Waals surface area contributed by atoms with Crippen LogP contribution in [-0.4, -0.2) is 12.2 Å². The van der Waals surface area contributed by atoms with Crippen LogP contribution in [0.2, 0.25) is 0 Å². The van der Waals surface area contributed by atoms with Crippen LogP contribution in [0.3, 0.4) is 0 Å². The van der Waals surface area contributed by atoms with Crippen LogP contribution in [0.15, 0.2) is 23.7 Å². The van der Waals surface area contributed by atoms with Crippen molar-refractivity contribution in [3.05, 3.63) is 23.7 Å². The van der Waals surface area contributed by atoms with Gasteiger partial charge in [-0.15, -0.1) is 0 Å². The molecule has 4 nitrogen and oxygen atoms in total. The van der Waals surface area contributed by atoms with Crippen LogP contribution in [0.25, 0.3) is 0 Å². The van der Waals surface area contributed by atoms with Crippen molar-refractivity contribution in [1.29, 1.82) is 10.5 Å². The maximum Gasteiger partial charge on any atom is 0.153 e. The van der Waals surface area contributed by atoms with Gasteiger partial charge in [0.15, 0.2) is 12.2 Å². The van der Waals surface area contributed by atoms with Crippen LogP contribution in [0.4, 0.5) is 0 Å². The van der Waals surface area contributed by atoms with Gasteiger partial charge < -0.3 is 9.47 Å². The van der Waals surface area contributed by atoms with Crippen molar-refractivity contribution in [2.45, 2.75) is 26.1 Å². The molecule has 1 fully saturated rings. The molecule has 0 aromatic heterocycles. The Morgan fingerprint density at radius 2 is 1.36 bits per heavy atom. The highest BCUT2D eigenvalue weighted by Crippen LogP contribution is 2.25. The Bertz CT molecular complexity index is 321. The summed E-state index contributed by atoms with van der Waals surface area (Å²) in [6.07, 6.45) is 1.99. The fourth-order valence-electron chi connectivity index (χ4n) is 1.15. The van der Waals surface area contributed by atoms with E-state index >= 15 is 0 Å². The summed E-state index contributed by atoms with van der Waals surface area (Å²) in [6.45, 7) is 3.53. The molecule has 2 unspecified atom stereocenters. The van der Waals surface area contributed by atoms with Gasteiger partial charge in [0.2, 0.25) is 0 Å². The van der Waals surface area contributed by atoms with Crippen molar-refractivity contribution in [3.8, 4) is 12.1 Å². The summed E-state index contributed by atoms with van der Waals surface area (Å²) < 4.78 is 10.8. The highest BCUT2D eigenvalue weighted by Gasteiger charge is 2.26. The number of allylic oxidation sites excluding steroid dienone is 2. The van der Waals surface area contributed by atoms with E-state index < -0.39 is 0 Å². The van der Waals surface area contributed by atoms with Crippen molar-refractivity contribution in [2.24, 2.45) is 0 Å². The van der Waals surface area contributed by atoms with Gasteiger partial charge >= 0.3 is 0 Å². The number of hydrogen-bond acceptors (Lipinski definition) is 4. The molecular formula is C10H10N2O2. The van der Waals surface area contributed by atoms with E-state index in [1.807, 2.05) is 12.1 Å². The Kier molecular flexibility index (Phi) is 3.14. The predicted molar refractivity (Wildman–Crippen MR) is 48.5 cm³/mol. The molecule has 0 saturated carbocycles. The molecule has 1 aliphatic rings. The van der Waals surface area contributed by atoms with Crippen LogP contribution >= 0.6 is 0 Å². The lowest BCUT2D eigenvalue weighted by Gasteiger charge is -2.30. The SMILES string of the molecule is CC1O/C(=C\C#N)C(C)O/C1=C\C#N. The van der Waals surface area contributed by atoms with Crippen molar-refractivity contribution in [3.63, 3.8) is 0 Å². The molecule has 0 radical (unpaired) electrons. The summed E-state index contributed by atoms with van der Waals surface area (Å²) >= 11 is 0. The average molecular weight is 190 g/mol. The molecule has 14 heavy (non-hydrogen) atoms. The normalized spacial score (nSPS) is 31.4. The molecule has 2 atom stereocenters. The van der Waals surface area contributed by atoms with Gasteiger partial charge in [-0.3, -0.25) is 0 Å². The third kappa shape index (κ3) is 2.05. The molecule has 0 N–H and O–H groups in total. The summed E-state index contributed by atoms with van der Waals surface area (Å²) in [7, 11) is 0. The Morgan fingerprint density at radius 1 is 1.00 bits per heavy atom. The molecule has 1 aliphatic heterocycles. The quantitative estimate of drug-likeness (QED) is 0.544. The first-order valence-corrected chi connectivity index (χ1v) is 4.21. The number of nitrogens with zero attached hydrogens (tertiary/aromatic N) is 2. The van der Waals surface area contributed by atoms with Crippen LogP contribution < -0.4 is 0 Å².